The summed E-state index contributed by atoms with van der Waals surface area (Å²) in [4.78, 5) is 0. The van der Waals surface area contributed by atoms with Crippen LogP contribution in [0.5, 0.6) is 0 Å². The lowest BCUT2D eigenvalue weighted by molar-refractivity contribution is 0.594. The molecule has 0 saturated heterocycles. The summed E-state index contributed by atoms with van der Waals surface area (Å²) in [5, 5.41) is 10.9. The Balaban J connectivity index is 2.43. The van der Waals surface area contributed by atoms with Crippen molar-refractivity contribution < 1.29 is 4.39 Å². The van der Waals surface area contributed by atoms with E-state index in [-0.39, 0.29) is 5.82 Å². The average molecular weight is 299 g/mol. The molecule has 0 aliphatic rings. The van der Waals surface area contributed by atoms with Crippen molar-refractivity contribution in [3.63, 3.8) is 0 Å². The number of halogens is 2. The molecule has 0 aliphatic carbocycles. The molecule has 4 nitrogen and oxygen atoms in total. The Morgan fingerprint density at radius 2 is 2.29 bits per heavy atom. The molecule has 0 saturated carbocycles. The monoisotopic (exact) mass is 298 g/mol. The highest BCUT2D eigenvalue weighted by atomic mass is 79.9. The van der Waals surface area contributed by atoms with Crippen LogP contribution in [0.15, 0.2) is 28.9 Å². The van der Waals surface area contributed by atoms with Gasteiger partial charge in [-0.25, -0.2) is 9.07 Å². The lowest BCUT2D eigenvalue weighted by atomic mass is 10.3. The molecule has 0 atom stereocenters. The van der Waals surface area contributed by atoms with E-state index in [4.69, 9.17) is 0 Å². The second-order valence-electron chi connectivity index (χ2n) is 3.49. The Morgan fingerprint density at radius 1 is 1.47 bits per heavy atom. The average Bonchev–Trinajstić information content (AvgIpc) is 2.74. The Bertz CT molecular complexity index is 492. The standard InChI is InChI=1S/C11H12BrFN4/c1-2-14-6-8-7-15-16-17(8)11-9(12)4-3-5-10(11)13/h3-5,7,14H,2,6H2,1H3. The van der Waals surface area contributed by atoms with Crippen LogP contribution in [0.4, 0.5) is 4.39 Å². The molecule has 1 aromatic heterocycles. The van der Waals surface area contributed by atoms with E-state index in [2.05, 4.69) is 31.6 Å². The number of nitrogens with zero attached hydrogens (tertiary/aromatic N) is 3. The third-order valence-electron chi connectivity index (χ3n) is 2.33. The van der Waals surface area contributed by atoms with Crippen LogP contribution >= 0.6 is 15.9 Å². The summed E-state index contributed by atoms with van der Waals surface area (Å²) in [6, 6.07) is 4.82. The van der Waals surface area contributed by atoms with Gasteiger partial charge in [0.05, 0.1) is 11.9 Å². The quantitative estimate of drug-likeness (QED) is 0.942. The highest BCUT2D eigenvalue weighted by Gasteiger charge is 2.13. The van der Waals surface area contributed by atoms with Crippen LogP contribution in [0.1, 0.15) is 12.6 Å². The van der Waals surface area contributed by atoms with Gasteiger partial charge in [-0.2, -0.15) is 0 Å². The topological polar surface area (TPSA) is 42.7 Å². The Kier molecular flexibility index (Phi) is 3.86. The van der Waals surface area contributed by atoms with Gasteiger partial charge in [0.1, 0.15) is 11.5 Å². The fraction of sp³-hybridized carbons (Fsp3) is 0.273. The molecule has 2 rings (SSSR count). The Morgan fingerprint density at radius 3 is 3.00 bits per heavy atom. The zero-order valence-corrected chi connectivity index (χ0v) is 10.9. The number of aromatic nitrogens is 3. The highest BCUT2D eigenvalue weighted by Crippen LogP contribution is 2.24. The van der Waals surface area contributed by atoms with Crippen molar-refractivity contribution in [3.8, 4) is 5.69 Å². The normalized spacial score (nSPS) is 10.8. The number of hydrogen-bond acceptors (Lipinski definition) is 3. The van der Waals surface area contributed by atoms with Gasteiger partial charge in [0.2, 0.25) is 0 Å². The van der Waals surface area contributed by atoms with Crippen molar-refractivity contribution in [2.45, 2.75) is 13.5 Å². The van der Waals surface area contributed by atoms with Crippen molar-refractivity contribution >= 4 is 15.9 Å². The van der Waals surface area contributed by atoms with Crippen LogP contribution in [0.2, 0.25) is 0 Å². The Labute approximate surface area is 107 Å². The molecule has 0 radical (unpaired) electrons. The predicted molar refractivity (Wildman–Crippen MR) is 66.4 cm³/mol. The number of para-hydroxylation sites is 1. The fourth-order valence-electron chi connectivity index (χ4n) is 1.51. The van der Waals surface area contributed by atoms with Crippen LogP contribution < -0.4 is 5.32 Å². The largest absolute Gasteiger partial charge is 0.311 e. The molecule has 0 amide bonds. The van der Waals surface area contributed by atoms with Crippen LogP contribution in [0.3, 0.4) is 0 Å². The molecule has 90 valence electrons. The molecule has 6 heteroatoms. The van der Waals surface area contributed by atoms with Gasteiger partial charge in [0.15, 0.2) is 0 Å². The van der Waals surface area contributed by atoms with E-state index >= 15 is 0 Å². The first-order valence-electron chi connectivity index (χ1n) is 5.28. The minimum Gasteiger partial charge on any atom is -0.311 e. The number of benzene rings is 1. The van der Waals surface area contributed by atoms with Gasteiger partial charge in [0, 0.05) is 11.0 Å². The van der Waals surface area contributed by atoms with E-state index in [1.54, 1.807) is 18.3 Å². The third-order valence-corrected chi connectivity index (χ3v) is 2.97. The summed E-state index contributed by atoms with van der Waals surface area (Å²) in [5.74, 6) is -0.331. The molecule has 17 heavy (non-hydrogen) atoms. The molecule has 1 heterocycles. The first-order chi connectivity index (χ1) is 8.24. The lowest BCUT2D eigenvalue weighted by Gasteiger charge is -2.09. The molecule has 0 bridgehead atoms. The van der Waals surface area contributed by atoms with Crippen LogP contribution in [0.25, 0.3) is 5.69 Å². The van der Waals surface area contributed by atoms with E-state index in [9.17, 15) is 4.39 Å². The maximum absolute atomic E-state index is 13.8. The summed E-state index contributed by atoms with van der Waals surface area (Å²) < 4.78 is 15.9. The van der Waals surface area contributed by atoms with E-state index in [0.29, 0.717) is 16.7 Å². The van der Waals surface area contributed by atoms with Crippen molar-refractivity contribution in [3.05, 3.63) is 40.4 Å². The van der Waals surface area contributed by atoms with E-state index in [1.165, 1.54) is 10.7 Å². The van der Waals surface area contributed by atoms with Gasteiger partial charge >= 0.3 is 0 Å². The number of rotatable bonds is 4. The smallest absolute Gasteiger partial charge is 0.150 e. The molecule has 0 spiro atoms. The van der Waals surface area contributed by atoms with Gasteiger partial charge < -0.3 is 5.32 Å². The van der Waals surface area contributed by atoms with Gasteiger partial charge in [-0.15, -0.1) is 5.10 Å². The van der Waals surface area contributed by atoms with Gasteiger partial charge in [-0.3, -0.25) is 0 Å². The summed E-state index contributed by atoms with van der Waals surface area (Å²) in [6.07, 6.45) is 1.63. The van der Waals surface area contributed by atoms with Gasteiger partial charge in [0.25, 0.3) is 0 Å². The Hall–Kier alpha value is -1.27. The fourth-order valence-corrected chi connectivity index (χ4v) is 2.02. The zero-order chi connectivity index (χ0) is 12.3. The van der Waals surface area contributed by atoms with E-state index in [0.717, 1.165) is 12.2 Å². The van der Waals surface area contributed by atoms with E-state index in [1.807, 2.05) is 6.92 Å². The van der Waals surface area contributed by atoms with Crippen molar-refractivity contribution in [2.75, 3.05) is 6.54 Å². The number of hydrogen-bond donors (Lipinski definition) is 1. The second kappa shape index (κ2) is 5.37. The summed E-state index contributed by atoms with van der Waals surface area (Å²) in [5.41, 5.74) is 1.20. The molecular weight excluding hydrogens is 287 g/mol. The van der Waals surface area contributed by atoms with Crippen LogP contribution in [0, 0.1) is 5.82 Å². The van der Waals surface area contributed by atoms with Crippen LogP contribution in [-0.4, -0.2) is 21.5 Å². The van der Waals surface area contributed by atoms with Crippen molar-refractivity contribution in [1.82, 2.24) is 20.3 Å². The van der Waals surface area contributed by atoms with Gasteiger partial charge in [-0.1, -0.05) is 18.2 Å². The van der Waals surface area contributed by atoms with Crippen molar-refractivity contribution in [2.24, 2.45) is 0 Å². The first kappa shape index (κ1) is 12.2. The summed E-state index contributed by atoms with van der Waals surface area (Å²) >= 11 is 3.32. The summed E-state index contributed by atoms with van der Waals surface area (Å²) in [6.45, 7) is 3.45. The zero-order valence-electron chi connectivity index (χ0n) is 9.32. The molecule has 1 N–H and O–H groups in total. The number of nitrogens with one attached hydrogen (secondary N) is 1. The van der Waals surface area contributed by atoms with Crippen LogP contribution in [-0.2, 0) is 6.54 Å². The molecule has 2 aromatic rings. The van der Waals surface area contributed by atoms with E-state index < -0.39 is 0 Å². The molecule has 0 fully saturated rings. The lowest BCUT2D eigenvalue weighted by Crippen LogP contribution is -2.16. The molecule has 0 unspecified atom stereocenters. The van der Waals surface area contributed by atoms with Crippen molar-refractivity contribution in [1.29, 1.82) is 0 Å². The highest BCUT2D eigenvalue weighted by molar-refractivity contribution is 9.10. The minimum absolute atomic E-state index is 0.331. The predicted octanol–water partition coefficient (Wildman–Crippen LogP) is 2.28. The third kappa shape index (κ3) is 2.53. The first-order valence-corrected chi connectivity index (χ1v) is 6.08. The SMILES string of the molecule is CCNCc1cnnn1-c1c(F)cccc1Br. The second-order valence-corrected chi connectivity index (χ2v) is 4.34. The maximum atomic E-state index is 13.8. The molecular formula is C11H12BrFN4. The summed E-state index contributed by atoms with van der Waals surface area (Å²) in [7, 11) is 0. The molecule has 1 aromatic carbocycles. The molecule has 0 aliphatic heterocycles. The minimum atomic E-state index is -0.331. The van der Waals surface area contributed by atoms with Gasteiger partial charge in [-0.05, 0) is 34.6 Å². The maximum Gasteiger partial charge on any atom is 0.150 e.